The summed E-state index contributed by atoms with van der Waals surface area (Å²) in [5.74, 6) is 0.455. The second-order valence-electron chi connectivity index (χ2n) is 2.65. The van der Waals surface area contributed by atoms with Gasteiger partial charge in [-0.3, -0.25) is 0 Å². The van der Waals surface area contributed by atoms with E-state index >= 15 is 0 Å². The molecule has 0 spiro atoms. The molecule has 2 aromatic rings. The second-order valence-corrected chi connectivity index (χ2v) is 4.81. The van der Waals surface area contributed by atoms with E-state index in [0.29, 0.717) is 11.6 Å². The lowest BCUT2D eigenvalue weighted by molar-refractivity contribution is 0.397. The van der Waals surface area contributed by atoms with Crippen molar-refractivity contribution < 1.29 is 4.74 Å². The van der Waals surface area contributed by atoms with Crippen LogP contribution in [0.5, 0.6) is 5.88 Å². The number of anilines is 1. The van der Waals surface area contributed by atoms with E-state index < -0.39 is 0 Å². The number of methoxy groups -OCH3 is 1. The summed E-state index contributed by atoms with van der Waals surface area (Å²) >= 11 is 3.07. The molecule has 0 aliphatic heterocycles. The van der Waals surface area contributed by atoms with Gasteiger partial charge in [0.25, 0.3) is 0 Å². The molecule has 0 aliphatic rings. The maximum atomic E-state index is 5.66. The highest BCUT2D eigenvalue weighted by molar-refractivity contribution is 8.00. The lowest BCUT2D eigenvalue weighted by Crippen LogP contribution is -1.95. The molecule has 0 atom stereocenters. The van der Waals surface area contributed by atoms with Crippen molar-refractivity contribution >= 4 is 28.8 Å². The Morgan fingerprint density at radius 1 is 1.47 bits per heavy atom. The summed E-state index contributed by atoms with van der Waals surface area (Å²) in [4.78, 5) is 8.41. The molecule has 0 unspecified atom stereocenters. The highest BCUT2D eigenvalue weighted by Gasteiger charge is 2.05. The number of aromatic nitrogens is 2. The Kier molecular flexibility index (Phi) is 3.08. The topological polar surface area (TPSA) is 61.0 Å². The zero-order valence-corrected chi connectivity index (χ0v) is 9.64. The van der Waals surface area contributed by atoms with Crippen LogP contribution in [0.25, 0.3) is 0 Å². The lowest BCUT2D eigenvalue weighted by Gasteiger charge is -2.04. The summed E-state index contributed by atoms with van der Waals surface area (Å²) in [5, 5.41) is 2.76. The van der Waals surface area contributed by atoms with E-state index in [-0.39, 0.29) is 0 Å². The highest BCUT2D eigenvalue weighted by atomic mass is 32.2. The molecule has 0 saturated carbocycles. The van der Waals surface area contributed by atoms with Crippen molar-refractivity contribution in [2.24, 2.45) is 0 Å². The van der Waals surface area contributed by atoms with Crippen LogP contribution in [-0.4, -0.2) is 17.1 Å². The molecule has 0 aromatic carbocycles. The van der Waals surface area contributed by atoms with Gasteiger partial charge in [0.2, 0.25) is 5.88 Å². The van der Waals surface area contributed by atoms with Crippen LogP contribution >= 0.6 is 23.1 Å². The van der Waals surface area contributed by atoms with Gasteiger partial charge < -0.3 is 10.5 Å². The Morgan fingerprint density at radius 3 is 3.00 bits per heavy atom. The summed E-state index contributed by atoms with van der Waals surface area (Å²) in [5.41, 5.74) is 6.21. The number of nitrogens with two attached hydrogens (primary N) is 1. The first-order chi connectivity index (χ1) is 7.29. The molecule has 4 nitrogen and oxygen atoms in total. The molecule has 0 fully saturated rings. The quantitative estimate of drug-likeness (QED) is 0.890. The molecule has 0 saturated heterocycles. The van der Waals surface area contributed by atoms with Crippen LogP contribution in [0.4, 0.5) is 5.69 Å². The minimum atomic E-state index is 0.455. The molecule has 0 aliphatic carbocycles. The van der Waals surface area contributed by atoms with Crippen molar-refractivity contribution in [3.8, 4) is 5.88 Å². The Morgan fingerprint density at radius 2 is 2.33 bits per heavy atom. The molecule has 0 radical (unpaired) electrons. The Balaban J connectivity index is 2.22. The van der Waals surface area contributed by atoms with E-state index in [1.807, 2.05) is 11.4 Å². The molecular formula is C9H9N3OS2. The number of hydrogen-bond donors (Lipinski definition) is 1. The number of hydrogen-bond acceptors (Lipinski definition) is 6. The largest absolute Gasteiger partial charge is 0.480 e. The summed E-state index contributed by atoms with van der Waals surface area (Å²) < 4.78 is 5.99. The second kappa shape index (κ2) is 4.50. The van der Waals surface area contributed by atoms with Gasteiger partial charge in [-0.1, -0.05) is 0 Å². The van der Waals surface area contributed by atoms with E-state index in [2.05, 4.69) is 9.97 Å². The Bertz CT molecular complexity index is 445. The molecular weight excluding hydrogens is 230 g/mol. The molecule has 0 bridgehead atoms. The highest BCUT2D eigenvalue weighted by Crippen LogP contribution is 2.30. The zero-order chi connectivity index (χ0) is 10.7. The summed E-state index contributed by atoms with van der Waals surface area (Å²) in [7, 11) is 1.55. The third-order valence-corrected chi connectivity index (χ3v) is 3.48. The smallest absolute Gasteiger partial charge is 0.237 e. The van der Waals surface area contributed by atoms with Gasteiger partial charge in [0.1, 0.15) is 5.03 Å². The van der Waals surface area contributed by atoms with Gasteiger partial charge >= 0.3 is 0 Å². The molecule has 0 amide bonds. The predicted octanol–water partition coefficient (Wildman–Crippen LogP) is 2.28. The van der Waals surface area contributed by atoms with Crippen LogP contribution in [-0.2, 0) is 0 Å². The number of pyridine rings is 1. The van der Waals surface area contributed by atoms with Crippen molar-refractivity contribution in [2.75, 3.05) is 12.8 Å². The normalized spacial score (nSPS) is 10.2. The standard InChI is InChI=1S/C9H9N3OS2/c1-13-8-6(10)2-3-7(12-8)15-9-11-4-5-14-9/h2-5H,10H2,1H3. The predicted molar refractivity (Wildman–Crippen MR) is 61.4 cm³/mol. The summed E-state index contributed by atoms with van der Waals surface area (Å²) in [6.07, 6.45) is 1.77. The van der Waals surface area contributed by atoms with Crippen LogP contribution in [0.2, 0.25) is 0 Å². The molecule has 2 heterocycles. The monoisotopic (exact) mass is 239 g/mol. The molecule has 6 heteroatoms. The minimum absolute atomic E-state index is 0.455. The van der Waals surface area contributed by atoms with Crippen molar-refractivity contribution in [3.05, 3.63) is 23.7 Å². The van der Waals surface area contributed by atoms with E-state index in [0.717, 1.165) is 9.37 Å². The zero-order valence-electron chi connectivity index (χ0n) is 8.01. The summed E-state index contributed by atoms with van der Waals surface area (Å²) in [6, 6.07) is 3.63. The number of ether oxygens (including phenoxy) is 1. The SMILES string of the molecule is COc1nc(Sc2nccs2)ccc1N. The number of thiazole rings is 1. The number of rotatable bonds is 3. The molecule has 2 N–H and O–H groups in total. The van der Waals surface area contributed by atoms with Crippen LogP contribution < -0.4 is 10.5 Å². The third-order valence-electron chi connectivity index (χ3n) is 1.66. The minimum Gasteiger partial charge on any atom is -0.480 e. The molecule has 15 heavy (non-hydrogen) atoms. The van der Waals surface area contributed by atoms with E-state index in [9.17, 15) is 0 Å². The van der Waals surface area contributed by atoms with E-state index in [4.69, 9.17) is 10.5 Å². The van der Waals surface area contributed by atoms with Crippen molar-refractivity contribution in [1.82, 2.24) is 9.97 Å². The van der Waals surface area contributed by atoms with Crippen molar-refractivity contribution in [1.29, 1.82) is 0 Å². The fraction of sp³-hybridized carbons (Fsp3) is 0.111. The van der Waals surface area contributed by atoms with Gasteiger partial charge in [-0.25, -0.2) is 9.97 Å². The van der Waals surface area contributed by atoms with Crippen LogP contribution in [0.3, 0.4) is 0 Å². The fourth-order valence-corrected chi connectivity index (χ4v) is 2.54. The number of nitrogen functional groups attached to an aromatic ring is 1. The first-order valence-corrected chi connectivity index (χ1v) is 5.87. The van der Waals surface area contributed by atoms with Crippen LogP contribution in [0.15, 0.2) is 33.1 Å². The molecule has 78 valence electrons. The van der Waals surface area contributed by atoms with Gasteiger partial charge in [0, 0.05) is 11.6 Å². The van der Waals surface area contributed by atoms with Gasteiger partial charge in [-0.2, -0.15) is 0 Å². The first kappa shape index (κ1) is 10.3. The average Bonchev–Trinajstić information content (AvgIpc) is 2.73. The average molecular weight is 239 g/mol. The third kappa shape index (κ3) is 2.40. The molecule has 2 rings (SSSR count). The van der Waals surface area contributed by atoms with Gasteiger partial charge in [0.05, 0.1) is 12.8 Å². The van der Waals surface area contributed by atoms with Gasteiger partial charge in [0.15, 0.2) is 4.34 Å². The van der Waals surface area contributed by atoms with Gasteiger partial charge in [-0.15, -0.1) is 11.3 Å². The maximum Gasteiger partial charge on any atom is 0.237 e. The molecule has 2 aromatic heterocycles. The fourth-order valence-electron chi connectivity index (χ4n) is 1.00. The van der Waals surface area contributed by atoms with Gasteiger partial charge in [-0.05, 0) is 23.9 Å². The van der Waals surface area contributed by atoms with Crippen molar-refractivity contribution in [3.63, 3.8) is 0 Å². The maximum absolute atomic E-state index is 5.66. The Hall–Kier alpha value is -1.27. The van der Waals surface area contributed by atoms with Crippen LogP contribution in [0, 0.1) is 0 Å². The van der Waals surface area contributed by atoms with E-state index in [1.54, 1.807) is 30.7 Å². The summed E-state index contributed by atoms with van der Waals surface area (Å²) in [6.45, 7) is 0. The Labute approximate surface area is 95.5 Å². The first-order valence-electron chi connectivity index (χ1n) is 4.17. The number of nitrogens with zero attached hydrogens (tertiary/aromatic N) is 2. The van der Waals surface area contributed by atoms with Crippen molar-refractivity contribution in [2.45, 2.75) is 9.37 Å². The lowest BCUT2D eigenvalue weighted by atomic mass is 10.4. The van der Waals surface area contributed by atoms with E-state index in [1.165, 1.54) is 11.8 Å². The van der Waals surface area contributed by atoms with Crippen LogP contribution in [0.1, 0.15) is 0 Å².